The smallest absolute Gasteiger partial charge is 0.307 e. The molecule has 2 heterocycles. The van der Waals surface area contributed by atoms with Crippen molar-refractivity contribution in [2.75, 3.05) is 6.54 Å². The van der Waals surface area contributed by atoms with Gasteiger partial charge in [0.15, 0.2) is 0 Å². The predicted octanol–water partition coefficient (Wildman–Crippen LogP) is 1.09. The number of rotatable bonds is 5. The highest BCUT2D eigenvalue weighted by atomic mass is 16.4. The van der Waals surface area contributed by atoms with Crippen molar-refractivity contribution in [2.45, 2.75) is 39.2 Å². The van der Waals surface area contributed by atoms with Gasteiger partial charge >= 0.3 is 5.97 Å². The lowest BCUT2D eigenvalue weighted by molar-refractivity contribution is -0.148. The second-order valence-electron chi connectivity index (χ2n) is 6.44. The van der Waals surface area contributed by atoms with Crippen LogP contribution >= 0.6 is 0 Å². The first-order valence-corrected chi connectivity index (χ1v) is 8.34. The lowest BCUT2D eigenvalue weighted by atomic mass is 9.79. The van der Waals surface area contributed by atoms with Gasteiger partial charge in [0.1, 0.15) is 11.0 Å². The molecule has 8 heteroatoms. The van der Waals surface area contributed by atoms with Crippen LogP contribution in [0.2, 0.25) is 0 Å². The number of carbonyl (C=O) groups excluding carboxylic acids is 1. The number of aliphatic carboxylic acids is 1. The van der Waals surface area contributed by atoms with E-state index in [2.05, 4.69) is 15.5 Å². The monoisotopic (exact) mass is 333 g/mol. The molecule has 1 saturated carbocycles. The molecule has 0 radical (unpaired) electrons. The molecule has 0 spiro atoms. The summed E-state index contributed by atoms with van der Waals surface area (Å²) in [6.45, 7) is 2.89. The summed E-state index contributed by atoms with van der Waals surface area (Å²) in [4.78, 5) is 23.7. The summed E-state index contributed by atoms with van der Waals surface area (Å²) in [5.41, 5.74) is 2.82. The first-order valence-electron chi connectivity index (χ1n) is 8.34. The largest absolute Gasteiger partial charge is 0.481 e. The minimum atomic E-state index is -0.866. The van der Waals surface area contributed by atoms with E-state index in [0.717, 1.165) is 29.6 Å². The lowest BCUT2D eigenvalue weighted by Crippen LogP contribution is -2.40. The molecule has 1 amide bonds. The molecule has 8 nitrogen and oxygen atoms in total. The predicted molar refractivity (Wildman–Crippen MR) is 87.3 cm³/mol. The number of hydrogen-bond acceptors (Lipinski definition) is 4. The third-order valence-corrected chi connectivity index (χ3v) is 4.85. The van der Waals surface area contributed by atoms with Crippen LogP contribution in [0.5, 0.6) is 0 Å². The first kappa shape index (κ1) is 16.5. The molecule has 3 rings (SSSR count). The zero-order valence-electron chi connectivity index (χ0n) is 14.0. The number of nitrogens with one attached hydrogen (secondary N) is 1. The van der Waals surface area contributed by atoms with Gasteiger partial charge in [-0.1, -0.05) is 12.8 Å². The van der Waals surface area contributed by atoms with E-state index in [4.69, 9.17) is 0 Å². The molecule has 130 valence electrons. The normalized spacial score (nSPS) is 21.1. The molecule has 2 aromatic rings. The van der Waals surface area contributed by atoms with Crippen LogP contribution in [0.25, 0.3) is 11.0 Å². The molecule has 1 aliphatic rings. The Bertz CT molecular complexity index is 763. The van der Waals surface area contributed by atoms with Crippen LogP contribution in [0.15, 0.2) is 6.20 Å². The molecule has 0 bridgehead atoms. The van der Waals surface area contributed by atoms with E-state index in [1.165, 1.54) is 0 Å². The lowest BCUT2D eigenvalue weighted by Gasteiger charge is -2.27. The molecule has 0 saturated heterocycles. The van der Waals surface area contributed by atoms with Crippen molar-refractivity contribution >= 4 is 22.9 Å². The van der Waals surface area contributed by atoms with E-state index in [0.29, 0.717) is 25.9 Å². The minimum absolute atomic E-state index is 0.159. The number of carboxylic acid groups (broad SMARTS) is 1. The third-order valence-electron chi connectivity index (χ3n) is 4.85. The third kappa shape index (κ3) is 3.00. The van der Waals surface area contributed by atoms with Crippen LogP contribution in [-0.2, 0) is 23.2 Å². The van der Waals surface area contributed by atoms with E-state index >= 15 is 0 Å². The number of hydrogen-bond donors (Lipinski definition) is 2. The van der Waals surface area contributed by atoms with Gasteiger partial charge in [-0.25, -0.2) is 0 Å². The fourth-order valence-corrected chi connectivity index (χ4v) is 3.64. The van der Waals surface area contributed by atoms with Crippen molar-refractivity contribution in [2.24, 2.45) is 18.9 Å². The van der Waals surface area contributed by atoms with Gasteiger partial charge in [0.2, 0.25) is 5.91 Å². The maximum absolute atomic E-state index is 12.4. The van der Waals surface area contributed by atoms with Crippen molar-refractivity contribution in [3.63, 3.8) is 0 Å². The molecule has 1 fully saturated rings. The second-order valence-corrected chi connectivity index (χ2v) is 6.44. The van der Waals surface area contributed by atoms with Gasteiger partial charge in [-0.15, -0.1) is 0 Å². The van der Waals surface area contributed by atoms with E-state index in [9.17, 15) is 14.7 Å². The van der Waals surface area contributed by atoms with Crippen molar-refractivity contribution in [1.29, 1.82) is 0 Å². The Morgan fingerprint density at radius 2 is 2.04 bits per heavy atom. The number of nitrogens with zero attached hydrogens (tertiary/aromatic N) is 4. The summed E-state index contributed by atoms with van der Waals surface area (Å²) >= 11 is 0. The summed E-state index contributed by atoms with van der Waals surface area (Å²) in [7, 11) is 1.87. The van der Waals surface area contributed by atoms with Crippen molar-refractivity contribution in [3.8, 4) is 0 Å². The summed E-state index contributed by atoms with van der Waals surface area (Å²) in [6, 6.07) is 0. The van der Waals surface area contributed by atoms with Gasteiger partial charge in [-0.05, 0) is 19.8 Å². The molecular formula is C16H23N5O3. The standard InChI is InChI=1S/C16H23N5O3/c1-10-14-13(20(2)19-10)9-18-21(14)8-7-17-15(22)11-5-3-4-6-12(11)16(23)24/h9,11-12H,3-8H2,1-2H3,(H,17,22)(H,23,24)/t11-,12-/m1/s1. The molecule has 2 aromatic heterocycles. The first-order chi connectivity index (χ1) is 11.5. The van der Waals surface area contributed by atoms with Crippen LogP contribution in [0.4, 0.5) is 0 Å². The zero-order valence-corrected chi connectivity index (χ0v) is 14.0. The molecule has 2 atom stereocenters. The van der Waals surface area contributed by atoms with Gasteiger partial charge in [-0.2, -0.15) is 10.2 Å². The Labute approximate surface area is 139 Å². The van der Waals surface area contributed by atoms with Gasteiger partial charge < -0.3 is 10.4 Å². The summed E-state index contributed by atoms with van der Waals surface area (Å²) in [5, 5.41) is 20.9. The number of amides is 1. The Kier molecular flexibility index (Phi) is 4.55. The molecule has 0 unspecified atom stereocenters. The maximum Gasteiger partial charge on any atom is 0.307 e. The summed E-state index contributed by atoms with van der Waals surface area (Å²) in [5.74, 6) is -2.01. The number of carbonyl (C=O) groups is 2. The average molecular weight is 333 g/mol. The van der Waals surface area contributed by atoms with Crippen molar-refractivity contribution in [1.82, 2.24) is 24.9 Å². The van der Waals surface area contributed by atoms with Crippen LogP contribution in [0.1, 0.15) is 31.4 Å². The van der Waals surface area contributed by atoms with E-state index < -0.39 is 17.8 Å². The fourth-order valence-electron chi connectivity index (χ4n) is 3.64. The fraction of sp³-hybridized carbons (Fsp3) is 0.625. The quantitative estimate of drug-likeness (QED) is 0.852. The van der Waals surface area contributed by atoms with Crippen LogP contribution in [0.3, 0.4) is 0 Å². The van der Waals surface area contributed by atoms with E-state index in [-0.39, 0.29) is 5.91 Å². The van der Waals surface area contributed by atoms with Gasteiger partial charge in [0.05, 0.1) is 30.3 Å². The van der Waals surface area contributed by atoms with Gasteiger partial charge in [0.25, 0.3) is 0 Å². The topological polar surface area (TPSA) is 102 Å². The van der Waals surface area contributed by atoms with Gasteiger partial charge in [0, 0.05) is 13.6 Å². The van der Waals surface area contributed by atoms with Gasteiger partial charge in [-0.3, -0.25) is 19.0 Å². The second kappa shape index (κ2) is 6.62. The van der Waals surface area contributed by atoms with Crippen LogP contribution in [-0.4, -0.2) is 43.1 Å². The number of fused-ring (bicyclic) bond motifs is 1. The summed E-state index contributed by atoms with van der Waals surface area (Å²) in [6.07, 6.45) is 4.79. The Morgan fingerprint density at radius 3 is 2.75 bits per heavy atom. The Hall–Kier alpha value is -2.38. The number of aromatic nitrogens is 4. The van der Waals surface area contributed by atoms with E-state index in [1.54, 1.807) is 10.9 Å². The van der Waals surface area contributed by atoms with E-state index in [1.807, 2.05) is 18.7 Å². The van der Waals surface area contributed by atoms with Crippen molar-refractivity contribution < 1.29 is 14.7 Å². The number of carboxylic acids is 1. The highest BCUT2D eigenvalue weighted by Gasteiger charge is 2.35. The number of aryl methyl sites for hydroxylation is 2. The van der Waals surface area contributed by atoms with Crippen LogP contribution < -0.4 is 5.32 Å². The maximum atomic E-state index is 12.4. The molecule has 2 N–H and O–H groups in total. The van der Waals surface area contributed by atoms with Crippen molar-refractivity contribution in [3.05, 3.63) is 11.9 Å². The Morgan fingerprint density at radius 1 is 1.33 bits per heavy atom. The highest BCUT2D eigenvalue weighted by Crippen LogP contribution is 2.30. The zero-order chi connectivity index (χ0) is 17.3. The Balaban J connectivity index is 1.61. The minimum Gasteiger partial charge on any atom is -0.481 e. The molecule has 24 heavy (non-hydrogen) atoms. The molecule has 1 aliphatic carbocycles. The SMILES string of the molecule is Cc1nn(C)c2cnn(CCNC(=O)[C@@H]3CCCC[C@H]3C(=O)O)c12. The molecule has 0 aromatic carbocycles. The molecular weight excluding hydrogens is 310 g/mol. The highest BCUT2D eigenvalue weighted by molar-refractivity contribution is 5.84. The summed E-state index contributed by atoms with van der Waals surface area (Å²) < 4.78 is 3.61. The molecule has 0 aliphatic heterocycles. The average Bonchev–Trinajstić information content (AvgIpc) is 3.10. The van der Waals surface area contributed by atoms with Crippen LogP contribution in [0, 0.1) is 18.8 Å².